The van der Waals surface area contributed by atoms with Gasteiger partial charge in [-0.3, -0.25) is 4.79 Å². The number of carbonyl (C=O) groups excluding carboxylic acids is 1. The summed E-state index contributed by atoms with van der Waals surface area (Å²) in [5.74, 6) is 0.649. The van der Waals surface area contributed by atoms with Crippen LogP contribution in [-0.4, -0.2) is 72.6 Å². The number of methoxy groups -OCH3 is 3. The third kappa shape index (κ3) is 5.81. The molecule has 3 aliphatic rings. The molecule has 1 amide bonds. The highest BCUT2D eigenvalue weighted by molar-refractivity contribution is 7.89. The molecule has 2 unspecified atom stereocenters. The first-order valence-corrected chi connectivity index (χ1v) is 19.6. The maximum Gasteiger partial charge on any atom is 0.303 e. The maximum absolute atomic E-state index is 14.2. The van der Waals surface area contributed by atoms with Crippen molar-refractivity contribution in [3.8, 4) is 28.5 Å². The second-order valence-corrected chi connectivity index (χ2v) is 17.2. The first kappa shape index (κ1) is 34.3. The lowest BCUT2D eigenvalue weighted by atomic mass is 9.81. The van der Waals surface area contributed by atoms with Crippen LogP contribution in [0.25, 0.3) is 22.2 Å². The van der Waals surface area contributed by atoms with Gasteiger partial charge in [-0.15, -0.1) is 0 Å². The molecule has 2 N–H and O–H groups in total. The molecule has 7 rings (SSSR count). The van der Waals surface area contributed by atoms with E-state index in [0.29, 0.717) is 17.9 Å². The van der Waals surface area contributed by atoms with E-state index in [4.69, 9.17) is 14.2 Å². The molecule has 50 heavy (non-hydrogen) atoms. The van der Waals surface area contributed by atoms with Gasteiger partial charge in [0.25, 0.3) is 5.91 Å². The predicted molar refractivity (Wildman–Crippen MR) is 190 cm³/mol. The lowest BCUT2D eigenvalue weighted by molar-refractivity contribution is 0.0979. The molecule has 1 aliphatic heterocycles. The first-order chi connectivity index (χ1) is 23.8. The molecular formula is C36H42N4O8S2. The van der Waals surface area contributed by atoms with Crippen LogP contribution in [0.1, 0.15) is 71.8 Å². The number of amides is 1. The number of rotatable bonds is 10. The van der Waals surface area contributed by atoms with E-state index in [0.717, 1.165) is 57.7 Å². The highest BCUT2D eigenvalue weighted by Gasteiger charge is 2.60. The van der Waals surface area contributed by atoms with Crippen LogP contribution in [0.2, 0.25) is 0 Å². The van der Waals surface area contributed by atoms with Crippen LogP contribution in [0.15, 0.2) is 59.5 Å². The van der Waals surface area contributed by atoms with Gasteiger partial charge in [-0.1, -0.05) is 25.3 Å². The molecule has 1 aromatic heterocycles. The van der Waals surface area contributed by atoms with Crippen LogP contribution < -0.4 is 23.7 Å². The Labute approximate surface area is 292 Å². The van der Waals surface area contributed by atoms with Gasteiger partial charge in [-0.25, -0.2) is 17.9 Å². The van der Waals surface area contributed by atoms with Crippen LogP contribution in [0.5, 0.6) is 17.2 Å². The molecule has 14 heteroatoms. The largest absolute Gasteiger partial charge is 0.497 e. The Bertz CT molecular complexity index is 2230. The zero-order valence-corrected chi connectivity index (χ0v) is 30.4. The number of nitrogens with zero attached hydrogens (tertiary/aromatic N) is 2. The van der Waals surface area contributed by atoms with Crippen molar-refractivity contribution in [3.05, 3.63) is 71.3 Å². The van der Waals surface area contributed by atoms with Crippen molar-refractivity contribution < 1.29 is 35.8 Å². The number of aromatic nitrogens is 1. The molecule has 2 atom stereocenters. The summed E-state index contributed by atoms with van der Waals surface area (Å²) in [6.45, 7) is 0.284. The summed E-state index contributed by atoms with van der Waals surface area (Å²) in [6, 6.07) is 15.9. The third-order valence-corrected chi connectivity index (χ3v) is 13.5. The number of nitrogens with one attached hydrogen (secondary N) is 2. The highest BCUT2D eigenvalue weighted by atomic mass is 32.2. The fourth-order valence-electron chi connectivity index (χ4n) is 7.85. The van der Waals surface area contributed by atoms with Crippen molar-refractivity contribution >= 4 is 37.0 Å². The Morgan fingerprint density at radius 2 is 1.58 bits per heavy atom. The lowest BCUT2D eigenvalue weighted by Gasteiger charge is -2.24. The van der Waals surface area contributed by atoms with Crippen LogP contribution >= 0.6 is 0 Å². The van der Waals surface area contributed by atoms with Gasteiger partial charge in [0.1, 0.15) is 22.1 Å². The van der Waals surface area contributed by atoms with E-state index in [2.05, 4.69) is 20.1 Å². The van der Waals surface area contributed by atoms with E-state index in [1.165, 1.54) is 46.4 Å². The molecule has 2 fully saturated rings. The molecule has 4 aromatic rings. The van der Waals surface area contributed by atoms with Crippen LogP contribution in [0.3, 0.4) is 0 Å². The maximum atomic E-state index is 14.2. The van der Waals surface area contributed by atoms with E-state index in [1.54, 1.807) is 31.4 Å². The molecular weight excluding hydrogens is 681 g/mol. The molecule has 0 bridgehead atoms. The average Bonchev–Trinajstić information content (AvgIpc) is 3.73. The van der Waals surface area contributed by atoms with Crippen molar-refractivity contribution in [3.63, 3.8) is 0 Å². The van der Waals surface area contributed by atoms with Crippen molar-refractivity contribution in [2.45, 2.75) is 67.3 Å². The Balaban J connectivity index is 1.43. The minimum Gasteiger partial charge on any atom is -0.497 e. The molecule has 0 radical (unpaired) electrons. The zero-order chi connectivity index (χ0) is 35.6. The van der Waals surface area contributed by atoms with E-state index in [9.17, 15) is 21.6 Å². The lowest BCUT2D eigenvalue weighted by Crippen LogP contribution is -2.41. The van der Waals surface area contributed by atoms with E-state index >= 15 is 0 Å². The summed E-state index contributed by atoms with van der Waals surface area (Å²) in [5, 5.41) is 0.967. The monoisotopic (exact) mass is 722 g/mol. The van der Waals surface area contributed by atoms with Crippen LogP contribution in [0, 0.1) is 0 Å². The summed E-state index contributed by atoms with van der Waals surface area (Å²) in [6.07, 6.45) is 5.93. The van der Waals surface area contributed by atoms with Gasteiger partial charge < -0.3 is 18.8 Å². The summed E-state index contributed by atoms with van der Waals surface area (Å²) in [5.41, 5.74) is 4.16. The number of hydrogen-bond acceptors (Lipinski definition) is 8. The molecule has 12 nitrogen and oxygen atoms in total. The number of sulfonamides is 1. The fourth-order valence-corrected chi connectivity index (χ4v) is 9.97. The quantitative estimate of drug-likeness (QED) is 0.229. The number of fused-ring (bicyclic) bond motifs is 7. The number of hydrogen-bond donors (Lipinski definition) is 2. The zero-order valence-electron chi connectivity index (χ0n) is 28.8. The van der Waals surface area contributed by atoms with E-state index in [-0.39, 0.29) is 34.6 Å². The Morgan fingerprint density at radius 1 is 0.880 bits per heavy atom. The Hall–Kier alpha value is -4.11. The van der Waals surface area contributed by atoms with Gasteiger partial charge in [0, 0.05) is 54.7 Å². The summed E-state index contributed by atoms with van der Waals surface area (Å²) < 4.78 is 78.4. The molecule has 3 aromatic carbocycles. The van der Waals surface area contributed by atoms with E-state index < -0.39 is 31.7 Å². The fraction of sp³-hybridized carbons (Fsp3) is 0.417. The normalized spacial score (nSPS) is 20.4. The minimum absolute atomic E-state index is 0.00233. The second kappa shape index (κ2) is 12.6. The molecule has 266 valence electrons. The topological polar surface area (TPSA) is 145 Å². The molecule has 2 heterocycles. The third-order valence-electron chi connectivity index (χ3n) is 10.5. The SMILES string of the molecule is COc1ccc(S(=O)(=O)NC23CC2c2cc(OC)ccc2-c2c(C4CCCCC4)c4ccc(C(=O)NS(=O)(=O)N(C)C)cc4n2C3)c(OC)c1. The van der Waals surface area contributed by atoms with Gasteiger partial charge in [0.05, 0.1) is 32.6 Å². The summed E-state index contributed by atoms with van der Waals surface area (Å²) in [7, 11) is -0.900. The number of carbonyl (C=O) groups is 1. The second-order valence-electron chi connectivity index (χ2n) is 13.6. The van der Waals surface area contributed by atoms with Gasteiger partial charge in [0.2, 0.25) is 10.0 Å². The van der Waals surface area contributed by atoms with E-state index in [1.807, 2.05) is 18.2 Å². The summed E-state index contributed by atoms with van der Waals surface area (Å²) in [4.78, 5) is 13.4. The van der Waals surface area contributed by atoms with Gasteiger partial charge in [0.15, 0.2) is 0 Å². The minimum atomic E-state index is -4.11. The van der Waals surface area contributed by atoms with Gasteiger partial charge in [-0.2, -0.15) is 12.7 Å². The number of benzene rings is 3. The predicted octanol–water partition coefficient (Wildman–Crippen LogP) is 5.14. The van der Waals surface area contributed by atoms with Crippen LogP contribution in [0.4, 0.5) is 0 Å². The van der Waals surface area contributed by atoms with Crippen molar-refractivity contribution in [1.29, 1.82) is 0 Å². The van der Waals surface area contributed by atoms with Crippen LogP contribution in [-0.2, 0) is 26.8 Å². The molecule has 2 saturated carbocycles. The molecule has 2 aliphatic carbocycles. The summed E-state index contributed by atoms with van der Waals surface area (Å²) >= 11 is 0. The Kier molecular flexibility index (Phi) is 8.64. The van der Waals surface area contributed by atoms with Crippen molar-refractivity contribution in [1.82, 2.24) is 18.3 Å². The molecule has 0 saturated heterocycles. The standard InChI is InChI=1S/C36H42N4O8S2/c1-39(2)50(44,45)37-35(41)23-11-14-27-30(17-23)40-21-36(38-49(42,43)32-16-13-25(47-4)19-31(32)48-5)20-29(36)28-18-24(46-3)12-15-26(28)34(40)33(27)22-9-7-6-8-10-22/h11-19,22,29,38H,6-10,20-21H2,1-5H3,(H,37,41). The van der Waals surface area contributed by atoms with Crippen molar-refractivity contribution in [2.75, 3.05) is 35.4 Å². The van der Waals surface area contributed by atoms with Gasteiger partial charge in [-0.05, 0) is 78.8 Å². The van der Waals surface area contributed by atoms with Gasteiger partial charge >= 0.3 is 10.2 Å². The first-order valence-electron chi connectivity index (χ1n) is 16.7. The average molecular weight is 723 g/mol. The number of ether oxygens (including phenoxy) is 3. The smallest absolute Gasteiger partial charge is 0.303 e. The van der Waals surface area contributed by atoms with Crippen molar-refractivity contribution in [2.24, 2.45) is 0 Å². The highest BCUT2D eigenvalue weighted by Crippen LogP contribution is 2.60. The Morgan fingerprint density at radius 3 is 2.26 bits per heavy atom. The molecule has 0 spiro atoms.